The van der Waals surface area contributed by atoms with E-state index in [-0.39, 0.29) is 37.2 Å². The molecule has 2 saturated heterocycles. The molecule has 2 fully saturated rings. The highest BCUT2D eigenvalue weighted by Crippen LogP contribution is 2.41. The van der Waals surface area contributed by atoms with Crippen LogP contribution >= 0.6 is 11.6 Å². The second-order valence-electron chi connectivity index (χ2n) is 11.7. The largest absolute Gasteiger partial charge is 0.496 e. The number of amides is 2. The van der Waals surface area contributed by atoms with Crippen molar-refractivity contribution in [2.45, 2.75) is 44.5 Å². The number of benzene rings is 3. The van der Waals surface area contributed by atoms with Crippen LogP contribution in [0.1, 0.15) is 17.5 Å². The number of methoxy groups -OCH3 is 1. The molecular weight excluding hydrogens is 615 g/mol. The van der Waals surface area contributed by atoms with Gasteiger partial charge in [-0.1, -0.05) is 41.9 Å². The molecular formula is C34H36ClFN4O6. The average molecular weight is 651 g/mol. The molecule has 2 unspecified atom stereocenters. The van der Waals surface area contributed by atoms with Crippen molar-refractivity contribution in [1.82, 2.24) is 15.1 Å². The van der Waals surface area contributed by atoms with E-state index in [1.165, 1.54) is 24.3 Å². The van der Waals surface area contributed by atoms with Gasteiger partial charge < -0.3 is 39.8 Å². The average Bonchev–Trinajstić information content (AvgIpc) is 3.86. The number of hydrogen-bond acceptors (Lipinski definition) is 8. The molecule has 6 rings (SSSR count). The highest BCUT2D eigenvalue weighted by Gasteiger charge is 2.50. The van der Waals surface area contributed by atoms with Crippen molar-refractivity contribution >= 4 is 29.1 Å². The molecule has 3 aromatic rings. The van der Waals surface area contributed by atoms with E-state index in [0.29, 0.717) is 51.7 Å². The number of halogens is 2. The van der Waals surface area contributed by atoms with Crippen LogP contribution in [0.25, 0.3) is 22.3 Å². The second-order valence-corrected chi connectivity index (χ2v) is 12.1. The zero-order chi connectivity index (χ0) is 32.7. The minimum Gasteiger partial charge on any atom is -0.496 e. The van der Waals surface area contributed by atoms with Gasteiger partial charge in [0.1, 0.15) is 17.1 Å². The lowest BCUT2D eigenvalue weighted by atomic mass is 9.94. The number of carbonyl (C=O) groups is 2. The molecule has 0 aromatic heterocycles. The number of anilines is 1. The van der Waals surface area contributed by atoms with Crippen molar-refractivity contribution in [3.8, 4) is 28.0 Å². The molecule has 12 heteroatoms. The normalized spacial score (nSPS) is 22.6. The summed E-state index contributed by atoms with van der Waals surface area (Å²) in [6.45, 7) is 2.80. The molecule has 3 aromatic carbocycles. The van der Waals surface area contributed by atoms with Gasteiger partial charge in [0, 0.05) is 61.9 Å². The summed E-state index contributed by atoms with van der Waals surface area (Å²) in [5.41, 5.74) is 4.20. The van der Waals surface area contributed by atoms with Gasteiger partial charge >= 0.3 is 0 Å². The molecule has 2 amide bonds. The van der Waals surface area contributed by atoms with Crippen LogP contribution < -0.4 is 15.4 Å². The van der Waals surface area contributed by atoms with E-state index in [2.05, 4.69) is 10.6 Å². The Morgan fingerprint density at radius 1 is 1.13 bits per heavy atom. The number of fused-ring (bicyclic) bond motifs is 1. The third kappa shape index (κ3) is 6.08. The molecule has 3 heterocycles. The number of carbonyl (C=O) groups excluding carboxylic acids is 2. The summed E-state index contributed by atoms with van der Waals surface area (Å²) >= 11 is 7.00. The maximum atomic E-state index is 15.6. The van der Waals surface area contributed by atoms with Crippen molar-refractivity contribution in [3.05, 3.63) is 82.3 Å². The maximum absolute atomic E-state index is 15.6. The Hall–Kier alpha value is -4.00. The Labute approximate surface area is 271 Å². The molecule has 242 valence electrons. The topological polar surface area (TPSA) is 116 Å². The summed E-state index contributed by atoms with van der Waals surface area (Å²) in [7, 11) is 4.85. The Morgan fingerprint density at radius 2 is 1.87 bits per heavy atom. The van der Waals surface area contributed by atoms with E-state index < -0.39 is 23.7 Å². The van der Waals surface area contributed by atoms with E-state index in [9.17, 15) is 14.7 Å². The summed E-state index contributed by atoms with van der Waals surface area (Å²) in [4.78, 5) is 29.5. The minimum atomic E-state index is -0.667. The first-order valence-electron chi connectivity index (χ1n) is 15.0. The van der Waals surface area contributed by atoms with Crippen molar-refractivity contribution in [3.63, 3.8) is 0 Å². The first-order chi connectivity index (χ1) is 22.1. The lowest BCUT2D eigenvalue weighted by Crippen LogP contribution is -2.46. The SMILES string of the molecule is COc1cc(-c2cccc(-c3cccc(NC(=O)C4=CN(C)C5OC5N(C)C4=O)c3C)c2Cl)cc(F)c1CN[C@@H]1CCOC[C@H]1O. The summed E-state index contributed by atoms with van der Waals surface area (Å²) in [6, 6.07) is 13.9. The number of likely N-dealkylation sites (N-methyl/N-ethyl adjacent to an activating group) is 2. The standard InChI is InChI=1S/C34H36ClFN4O6/c1-18-20(7-6-10-26(18)38-31(42)24-16-39(2)33-34(46-33)40(3)32(24)43)22-9-5-8-21(30(22)35)19-13-25(36)23(29(14-19)44-4)15-37-27-11-12-45-17-28(27)41/h5-10,13-14,16,27-28,33-34,37,41H,11-12,15,17H2,1-4H3,(H,38,42)/t27-,28-,33?,34?/m1/s1. The Bertz CT molecular complexity index is 1720. The van der Waals surface area contributed by atoms with Gasteiger partial charge in [0.2, 0.25) is 0 Å². The number of rotatable bonds is 8. The Balaban J connectivity index is 1.26. The fourth-order valence-electron chi connectivity index (χ4n) is 6.00. The van der Waals surface area contributed by atoms with E-state index in [4.69, 9.17) is 25.8 Å². The zero-order valence-corrected chi connectivity index (χ0v) is 26.7. The van der Waals surface area contributed by atoms with Crippen LogP contribution in [0.3, 0.4) is 0 Å². The molecule has 10 nitrogen and oxygen atoms in total. The van der Waals surface area contributed by atoms with Crippen LogP contribution in [0.4, 0.5) is 10.1 Å². The molecule has 0 spiro atoms. The van der Waals surface area contributed by atoms with Gasteiger partial charge in [-0.3, -0.25) is 9.59 Å². The van der Waals surface area contributed by atoms with Crippen LogP contribution in [0, 0.1) is 12.7 Å². The van der Waals surface area contributed by atoms with Gasteiger partial charge in [-0.15, -0.1) is 0 Å². The van der Waals surface area contributed by atoms with Gasteiger partial charge in [0.15, 0.2) is 12.5 Å². The van der Waals surface area contributed by atoms with Crippen molar-refractivity contribution < 1.29 is 33.3 Å². The molecule has 0 radical (unpaired) electrons. The van der Waals surface area contributed by atoms with Crippen molar-refractivity contribution in [2.24, 2.45) is 0 Å². The quantitative estimate of drug-likeness (QED) is 0.245. The fourth-order valence-corrected chi connectivity index (χ4v) is 6.34. The maximum Gasteiger partial charge on any atom is 0.262 e. The molecule has 0 saturated carbocycles. The van der Waals surface area contributed by atoms with Gasteiger partial charge in [0.25, 0.3) is 11.8 Å². The number of hydrogen-bond donors (Lipinski definition) is 3. The lowest BCUT2D eigenvalue weighted by Gasteiger charge is -2.29. The lowest BCUT2D eigenvalue weighted by molar-refractivity contribution is -0.129. The predicted octanol–water partition coefficient (Wildman–Crippen LogP) is 4.28. The smallest absolute Gasteiger partial charge is 0.262 e. The molecule has 4 atom stereocenters. The van der Waals surface area contributed by atoms with Gasteiger partial charge in [-0.2, -0.15) is 0 Å². The second kappa shape index (κ2) is 13.0. The number of epoxide rings is 1. The first-order valence-corrected chi connectivity index (χ1v) is 15.4. The molecule has 3 aliphatic rings. The predicted molar refractivity (Wildman–Crippen MR) is 172 cm³/mol. The van der Waals surface area contributed by atoms with Gasteiger partial charge in [-0.05, 0) is 48.2 Å². The Kier molecular flexibility index (Phi) is 9.04. The van der Waals surface area contributed by atoms with Crippen LogP contribution in [0.2, 0.25) is 5.02 Å². The van der Waals surface area contributed by atoms with Crippen LogP contribution in [0.5, 0.6) is 5.75 Å². The molecule has 0 aliphatic carbocycles. The van der Waals surface area contributed by atoms with Gasteiger partial charge in [0.05, 0.1) is 24.8 Å². The highest BCUT2D eigenvalue weighted by atomic mass is 35.5. The summed E-state index contributed by atoms with van der Waals surface area (Å²) in [6.07, 6.45) is 0.807. The third-order valence-electron chi connectivity index (χ3n) is 8.78. The van der Waals surface area contributed by atoms with Gasteiger partial charge in [-0.25, -0.2) is 4.39 Å². The number of ether oxygens (including phenoxy) is 3. The Morgan fingerprint density at radius 3 is 2.63 bits per heavy atom. The number of nitrogens with zero attached hydrogens (tertiary/aromatic N) is 2. The van der Waals surface area contributed by atoms with Crippen LogP contribution in [-0.4, -0.2) is 85.7 Å². The molecule has 3 aliphatic heterocycles. The summed E-state index contributed by atoms with van der Waals surface area (Å²) < 4.78 is 31.9. The molecule has 3 N–H and O–H groups in total. The monoisotopic (exact) mass is 650 g/mol. The van der Waals surface area contributed by atoms with E-state index in [0.717, 1.165) is 11.1 Å². The van der Waals surface area contributed by atoms with Crippen LogP contribution in [0.15, 0.2) is 60.3 Å². The minimum absolute atomic E-state index is 0.00388. The van der Waals surface area contributed by atoms with E-state index in [1.807, 2.05) is 31.2 Å². The van der Waals surface area contributed by atoms with E-state index >= 15 is 4.39 Å². The highest BCUT2D eigenvalue weighted by molar-refractivity contribution is 6.36. The zero-order valence-electron chi connectivity index (χ0n) is 26.0. The first kappa shape index (κ1) is 32.0. The third-order valence-corrected chi connectivity index (χ3v) is 9.19. The summed E-state index contributed by atoms with van der Waals surface area (Å²) in [5, 5.41) is 16.7. The number of nitrogens with one attached hydrogen (secondary N) is 2. The van der Waals surface area contributed by atoms with Crippen molar-refractivity contribution in [1.29, 1.82) is 0 Å². The number of aliphatic hydroxyl groups is 1. The van der Waals surface area contributed by atoms with Crippen molar-refractivity contribution in [2.75, 3.05) is 39.7 Å². The van der Waals surface area contributed by atoms with E-state index in [1.54, 1.807) is 37.2 Å². The summed E-state index contributed by atoms with van der Waals surface area (Å²) in [5.74, 6) is -1.07. The number of aliphatic hydroxyl groups excluding tert-OH is 1. The van der Waals surface area contributed by atoms with Crippen LogP contribution in [-0.2, 0) is 25.6 Å². The fraction of sp³-hybridized carbons (Fsp3) is 0.353. The molecule has 0 bridgehead atoms. The molecule has 46 heavy (non-hydrogen) atoms.